The van der Waals surface area contributed by atoms with E-state index in [4.69, 9.17) is 5.73 Å². The highest BCUT2D eigenvalue weighted by atomic mass is 19.1. The van der Waals surface area contributed by atoms with Crippen LogP contribution in [0.3, 0.4) is 0 Å². The maximum Gasteiger partial charge on any atom is 0.123 e. The molecule has 0 saturated heterocycles. The highest BCUT2D eigenvalue weighted by molar-refractivity contribution is 5.25. The molecule has 0 bridgehead atoms. The first kappa shape index (κ1) is 11.1. The highest BCUT2D eigenvalue weighted by Crippen LogP contribution is 2.08. The zero-order valence-electron chi connectivity index (χ0n) is 7.89. The molecule has 0 saturated carbocycles. The summed E-state index contributed by atoms with van der Waals surface area (Å²) in [5.41, 5.74) is 7.30. The fourth-order valence-electron chi connectivity index (χ4n) is 0.888. The van der Waals surface area contributed by atoms with E-state index < -0.39 is 0 Å². The van der Waals surface area contributed by atoms with Crippen LogP contribution in [0.2, 0.25) is 0 Å². The fraction of sp³-hybridized carbons (Fsp3) is 0.400. The molecule has 0 radical (unpaired) electrons. The molecule has 0 aromatic heterocycles. The molecule has 0 spiro atoms. The minimum absolute atomic E-state index is 0.199. The van der Waals surface area contributed by atoms with Crippen molar-refractivity contribution in [1.29, 1.82) is 0 Å². The first-order valence-corrected chi connectivity index (χ1v) is 4.19. The van der Waals surface area contributed by atoms with Crippen molar-refractivity contribution in [2.75, 3.05) is 0 Å². The quantitative estimate of drug-likeness (QED) is 0.687. The minimum atomic E-state index is -0.199. The Morgan fingerprint density at radius 1 is 1.33 bits per heavy atom. The molecule has 0 amide bonds. The van der Waals surface area contributed by atoms with Crippen molar-refractivity contribution in [2.24, 2.45) is 5.73 Å². The second-order valence-corrected chi connectivity index (χ2v) is 2.27. The van der Waals surface area contributed by atoms with E-state index >= 15 is 0 Å². The van der Waals surface area contributed by atoms with Gasteiger partial charge in [0.15, 0.2) is 0 Å². The molecule has 0 aliphatic carbocycles. The van der Waals surface area contributed by atoms with E-state index in [1.54, 1.807) is 6.07 Å². The molecular weight excluding hydrogens is 153 g/mol. The number of hydrogen-bond donors (Lipinski definition) is 1. The van der Waals surface area contributed by atoms with Crippen LogP contribution >= 0.6 is 0 Å². The fourth-order valence-corrected chi connectivity index (χ4v) is 0.888. The van der Waals surface area contributed by atoms with E-state index in [2.05, 4.69) is 0 Å². The third kappa shape index (κ3) is 3.01. The molecule has 2 heteroatoms. The summed E-state index contributed by atoms with van der Waals surface area (Å²) >= 11 is 0. The summed E-state index contributed by atoms with van der Waals surface area (Å²) in [7, 11) is 0. The van der Waals surface area contributed by atoms with Gasteiger partial charge in [-0.1, -0.05) is 19.9 Å². The minimum Gasteiger partial charge on any atom is -0.326 e. The Balaban J connectivity index is 0.000000561. The Morgan fingerprint density at radius 2 is 1.92 bits per heavy atom. The van der Waals surface area contributed by atoms with Gasteiger partial charge in [-0.05, 0) is 30.2 Å². The highest BCUT2D eigenvalue weighted by Gasteiger charge is 1.95. The number of halogens is 1. The predicted octanol–water partition coefficient (Wildman–Crippen LogP) is 2.62. The lowest BCUT2D eigenvalue weighted by Gasteiger charge is -2.00. The number of rotatable bonds is 1. The van der Waals surface area contributed by atoms with Crippen LogP contribution < -0.4 is 5.73 Å². The van der Waals surface area contributed by atoms with Crippen LogP contribution in [-0.4, -0.2) is 0 Å². The maximum absolute atomic E-state index is 12.4. The van der Waals surface area contributed by atoms with Crippen LogP contribution in [-0.2, 0) is 6.54 Å². The molecule has 0 aliphatic heterocycles. The average molecular weight is 169 g/mol. The summed E-state index contributed by atoms with van der Waals surface area (Å²) in [6.45, 7) is 6.33. The number of aryl methyl sites for hydroxylation is 1. The van der Waals surface area contributed by atoms with E-state index in [9.17, 15) is 4.39 Å². The van der Waals surface area contributed by atoms with Gasteiger partial charge in [0.25, 0.3) is 0 Å². The van der Waals surface area contributed by atoms with Crippen molar-refractivity contribution in [2.45, 2.75) is 27.3 Å². The monoisotopic (exact) mass is 169 g/mol. The third-order valence-electron chi connectivity index (χ3n) is 1.52. The second kappa shape index (κ2) is 5.72. The van der Waals surface area contributed by atoms with Crippen molar-refractivity contribution in [1.82, 2.24) is 0 Å². The van der Waals surface area contributed by atoms with Crippen molar-refractivity contribution < 1.29 is 4.39 Å². The third-order valence-corrected chi connectivity index (χ3v) is 1.52. The number of benzene rings is 1. The van der Waals surface area contributed by atoms with Gasteiger partial charge < -0.3 is 5.73 Å². The van der Waals surface area contributed by atoms with E-state index in [-0.39, 0.29) is 5.82 Å². The first-order valence-electron chi connectivity index (χ1n) is 4.19. The second-order valence-electron chi connectivity index (χ2n) is 2.27. The summed E-state index contributed by atoms with van der Waals surface area (Å²) < 4.78 is 12.4. The van der Waals surface area contributed by atoms with Gasteiger partial charge >= 0.3 is 0 Å². The lowest BCUT2D eigenvalue weighted by atomic mass is 10.1. The van der Waals surface area contributed by atoms with Crippen molar-refractivity contribution in [3.63, 3.8) is 0 Å². The molecule has 0 unspecified atom stereocenters. The van der Waals surface area contributed by atoms with E-state index in [0.29, 0.717) is 6.54 Å². The molecule has 68 valence electrons. The smallest absolute Gasteiger partial charge is 0.123 e. The predicted molar refractivity (Wildman–Crippen MR) is 50.4 cm³/mol. The molecule has 2 N–H and O–H groups in total. The van der Waals surface area contributed by atoms with Gasteiger partial charge in [-0.3, -0.25) is 0 Å². The summed E-state index contributed by atoms with van der Waals surface area (Å²) in [5.74, 6) is -0.199. The van der Waals surface area contributed by atoms with Gasteiger partial charge in [0.05, 0.1) is 0 Å². The molecule has 1 rings (SSSR count). The SMILES string of the molecule is CC.Cc1cc(F)ccc1CN. The van der Waals surface area contributed by atoms with Crippen molar-refractivity contribution in [3.05, 3.63) is 35.1 Å². The van der Waals surface area contributed by atoms with E-state index in [0.717, 1.165) is 11.1 Å². The van der Waals surface area contributed by atoms with Gasteiger partial charge in [0.1, 0.15) is 5.82 Å². The average Bonchev–Trinajstić information content (AvgIpc) is 2.08. The van der Waals surface area contributed by atoms with Gasteiger partial charge in [-0.2, -0.15) is 0 Å². The molecule has 1 nitrogen and oxygen atoms in total. The number of hydrogen-bond acceptors (Lipinski definition) is 1. The molecule has 0 heterocycles. The van der Waals surface area contributed by atoms with Crippen molar-refractivity contribution >= 4 is 0 Å². The van der Waals surface area contributed by atoms with Crippen LogP contribution in [0.4, 0.5) is 4.39 Å². The summed E-state index contributed by atoms with van der Waals surface area (Å²) in [6.07, 6.45) is 0. The van der Waals surface area contributed by atoms with Gasteiger partial charge in [-0.25, -0.2) is 4.39 Å². The Kier molecular flexibility index (Phi) is 5.30. The number of nitrogens with two attached hydrogens (primary N) is 1. The van der Waals surface area contributed by atoms with Crippen LogP contribution in [0.5, 0.6) is 0 Å². The first-order chi connectivity index (χ1) is 5.74. The largest absolute Gasteiger partial charge is 0.326 e. The standard InChI is InChI=1S/C8H10FN.C2H6/c1-6-4-8(9)3-2-7(6)5-10;1-2/h2-4H,5,10H2,1H3;1-2H3. The van der Waals surface area contributed by atoms with Crippen LogP contribution in [0.1, 0.15) is 25.0 Å². The van der Waals surface area contributed by atoms with Crippen molar-refractivity contribution in [3.8, 4) is 0 Å². The van der Waals surface area contributed by atoms with E-state index in [1.165, 1.54) is 12.1 Å². The Bertz CT molecular complexity index is 233. The molecule has 1 aromatic rings. The lowest BCUT2D eigenvalue weighted by molar-refractivity contribution is 0.625. The lowest BCUT2D eigenvalue weighted by Crippen LogP contribution is -1.98. The molecular formula is C10H16FN. The van der Waals surface area contributed by atoms with Crippen LogP contribution in [0.25, 0.3) is 0 Å². The van der Waals surface area contributed by atoms with Gasteiger partial charge in [0, 0.05) is 6.54 Å². The summed E-state index contributed by atoms with van der Waals surface area (Å²) in [5, 5.41) is 0. The molecule has 0 atom stereocenters. The summed E-state index contributed by atoms with van der Waals surface area (Å²) in [6, 6.07) is 4.63. The molecule has 0 aliphatic rings. The molecule has 12 heavy (non-hydrogen) atoms. The topological polar surface area (TPSA) is 26.0 Å². The Labute approximate surface area is 73.4 Å². The van der Waals surface area contributed by atoms with Gasteiger partial charge in [0.2, 0.25) is 0 Å². The Morgan fingerprint density at radius 3 is 2.33 bits per heavy atom. The maximum atomic E-state index is 12.4. The van der Waals surface area contributed by atoms with Gasteiger partial charge in [-0.15, -0.1) is 0 Å². The van der Waals surface area contributed by atoms with Crippen LogP contribution in [0.15, 0.2) is 18.2 Å². The zero-order valence-corrected chi connectivity index (χ0v) is 7.89. The zero-order chi connectivity index (χ0) is 9.56. The summed E-state index contributed by atoms with van der Waals surface area (Å²) in [4.78, 5) is 0. The Hall–Kier alpha value is -0.890. The van der Waals surface area contributed by atoms with Crippen LogP contribution in [0, 0.1) is 12.7 Å². The normalized spacial score (nSPS) is 8.75. The molecule has 1 aromatic carbocycles. The molecule has 0 fully saturated rings. The van der Waals surface area contributed by atoms with E-state index in [1.807, 2.05) is 20.8 Å².